The smallest absolute Gasteiger partial charge is 1.00 e. The summed E-state index contributed by atoms with van der Waals surface area (Å²) in [6, 6.07) is 26.8. The first-order chi connectivity index (χ1) is 11.3. The van der Waals surface area contributed by atoms with Crippen molar-refractivity contribution in [1.82, 2.24) is 0 Å². The molecule has 5 rings (SSSR count). The summed E-state index contributed by atoms with van der Waals surface area (Å²) in [5, 5.41) is 0. The predicted molar refractivity (Wildman–Crippen MR) is 90.9 cm³/mol. The minimum atomic E-state index is 0. The van der Waals surface area contributed by atoms with Gasteiger partial charge in [-0.2, -0.15) is 0 Å². The standard InChI is InChI=1S/C22H15.Hf.3HI/c1-2-8-16-14-17(13-15(16)7-1)22-20-11-5-3-9-18(20)19-10-4-6-12-21(19)22;;;;/h1-14,22H;;3*1H/q;+3;;;/p-3. The van der Waals surface area contributed by atoms with Gasteiger partial charge in [0.05, 0.1) is 0 Å². The third-order valence-electron chi connectivity index (χ3n) is 5.13. The minimum absolute atomic E-state index is 0. The van der Waals surface area contributed by atoms with Crippen LogP contribution in [-0.4, -0.2) is 0 Å². The van der Waals surface area contributed by atoms with Gasteiger partial charge in [-0.25, -0.2) is 0 Å². The van der Waals surface area contributed by atoms with Crippen LogP contribution in [0.15, 0.2) is 78.4 Å². The van der Waals surface area contributed by atoms with Gasteiger partial charge in [0, 0.05) is 0 Å². The molecule has 0 radical (unpaired) electrons. The average molecular weight is 839 g/mol. The zero-order chi connectivity index (χ0) is 15.4. The van der Waals surface area contributed by atoms with Gasteiger partial charge >= 0.3 is 152 Å². The molecular weight excluding hydrogens is 823 g/mol. The number of halogens is 3. The third-order valence-corrected chi connectivity index (χ3v) is 7.44. The second-order valence-corrected chi connectivity index (χ2v) is 8.39. The Morgan fingerprint density at radius 2 is 1.04 bits per heavy atom. The van der Waals surface area contributed by atoms with Crippen molar-refractivity contribution in [2.45, 2.75) is 9.59 Å². The van der Waals surface area contributed by atoms with Gasteiger partial charge in [-0.3, -0.25) is 0 Å². The SMILES string of the molecule is [Hf+3][CH]1C(C2c3ccccc3-c3ccccc32)=Cc2ccccc21.[I-].[I-].[I-]. The summed E-state index contributed by atoms with van der Waals surface area (Å²) in [5.74, 6) is 0.428. The van der Waals surface area contributed by atoms with E-state index in [1.54, 1.807) is 5.57 Å². The molecule has 0 saturated carbocycles. The molecule has 0 fully saturated rings. The van der Waals surface area contributed by atoms with Crippen LogP contribution in [0.25, 0.3) is 17.2 Å². The largest absolute Gasteiger partial charge is 1.00 e. The number of benzene rings is 3. The van der Waals surface area contributed by atoms with Crippen molar-refractivity contribution in [3.63, 3.8) is 0 Å². The van der Waals surface area contributed by atoms with Gasteiger partial charge in [0.1, 0.15) is 0 Å². The van der Waals surface area contributed by atoms with Gasteiger partial charge in [0.15, 0.2) is 0 Å². The van der Waals surface area contributed by atoms with E-state index in [9.17, 15) is 0 Å². The first-order valence-corrected chi connectivity index (χ1v) is 10.1. The first kappa shape index (κ1) is 22.7. The zero-order valence-electron chi connectivity index (χ0n) is 13.8. The summed E-state index contributed by atoms with van der Waals surface area (Å²) in [4.78, 5) is 0. The summed E-state index contributed by atoms with van der Waals surface area (Å²) in [7, 11) is 0. The molecule has 0 aliphatic heterocycles. The van der Waals surface area contributed by atoms with Crippen LogP contribution in [0.4, 0.5) is 0 Å². The van der Waals surface area contributed by atoms with Crippen molar-refractivity contribution in [2.24, 2.45) is 0 Å². The van der Waals surface area contributed by atoms with Crippen LogP contribution in [0.5, 0.6) is 0 Å². The molecule has 3 aromatic carbocycles. The summed E-state index contributed by atoms with van der Waals surface area (Å²) in [6.07, 6.45) is 2.45. The molecule has 0 saturated heterocycles. The van der Waals surface area contributed by atoms with E-state index in [0.717, 1.165) is 24.4 Å². The van der Waals surface area contributed by atoms with Gasteiger partial charge in [-0.1, -0.05) is 0 Å². The molecule has 2 aliphatic rings. The summed E-state index contributed by atoms with van der Waals surface area (Å²) in [6.45, 7) is 0. The van der Waals surface area contributed by atoms with E-state index in [2.05, 4.69) is 78.9 Å². The second kappa shape index (κ2) is 9.31. The third kappa shape index (κ3) is 3.56. The van der Waals surface area contributed by atoms with Crippen molar-refractivity contribution in [1.29, 1.82) is 0 Å². The summed E-state index contributed by atoms with van der Waals surface area (Å²) in [5.41, 5.74) is 10.3. The van der Waals surface area contributed by atoms with Crippen LogP contribution in [-0.2, 0) is 24.4 Å². The average Bonchev–Trinajstić information content (AvgIpc) is 3.11. The van der Waals surface area contributed by atoms with E-state index in [-0.39, 0.29) is 71.9 Å². The molecule has 1 unspecified atom stereocenters. The van der Waals surface area contributed by atoms with Gasteiger partial charge in [-0.05, 0) is 0 Å². The van der Waals surface area contributed by atoms with Crippen LogP contribution in [0.2, 0.25) is 0 Å². The Morgan fingerprint density at radius 1 is 0.577 bits per heavy atom. The van der Waals surface area contributed by atoms with Crippen molar-refractivity contribution >= 4 is 6.08 Å². The Balaban J connectivity index is 0.000000810. The molecule has 0 aromatic heterocycles. The number of fused-ring (bicyclic) bond motifs is 4. The van der Waals surface area contributed by atoms with E-state index in [4.69, 9.17) is 0 Å². The van der Waals surface area contributed by atoms with Crippen molar-refractivity contribution in [3.05, 3.63) is 101 Å². The van der Waals surface area contributed by atoms with E-state index in [1.807, 2.05) is 0 Å². The summed E-state index contributed by atoms with van der Waals surface area (Å²) >= 11 is 1.16. The quantitative estimate of drug-likeness (QED) is 0.177. The van der Waals surface area contributed by atoms with E-state index in [1.165, 1.54) is 33.4 Å². The molecule has 1 atom stereocenters. The Bertz CT molecular complexity index is 919. The van der Waals surface area contributed by atoms with Gasteiger partial charge < -0.3 is 71.9 Å². The van der Waals surface area contributed by atoms with Gasteiger partial charge in [0.2, 0.25) is 0 Å². The maximum atomic E-state index is 2.45. The molecule has 2 aliphatic carbocycles. The normalized spacial score (nSPS) is 16.2. The van der Waals surface area contributed by atoms with E-state index in [0.29, 0.717) is 9.59 Å². The molecule has 0 nitrogen and oxygen atoms in total. The van der Waals surface area contributed by atoms with Crippen molar-refractivity contribution < 1.29 is 96.3 Å². The maximum Gasteiger partial charge on any atom is -1.00 e. The monoisotopic (exact) mass is 840 g/mol. The first-order valence-electron chi connectivity index (χ1n) is 8.04. The van der Waals surface area contributed by atoms with E-state index < -0.39 is 0 Å². The Labute approximate surface area is 220 Å². The predicted octanol–water partition coefficient (Wildman–Crippen LogP) is -3.50. The van der Waals surface area contributed by atoms with Crippen LogP contribution in [0.1, 0.15) is 31.8 Å². The fraction of sp³-hybridized carbons (Fsp3) is 0.0909. The second-order valence-electron chi connectivity index (χ2n) is 6.31. The molecule has 128 valence electrons. The molecule has 0 N–H and O–H groups in total. The molecule has 26 heavy (non-hydrogen) atoms. The van der Waals surface area contributed by atoms with Crippen LogP contribution in [0.3, 0.4) is 0 Å². The van der Waals surface area contributed by atoms with Crippen LogP contribution < -0.4 is 71.9 Å². The maximum absolute atomic E-state index is 2.45. The minimum Gasteiger partial charge on any atom is -1.00 e. The molecule has 0 spiro atoms. The number of hydrogen-bond donors (Lipinski definition) is 0. The molecule has 3 aromatic rings. The Kier molecular flexibility index (Phi) is 8.14. The topological polar surface area (TPSA) is 0 Å². The fourth-order valence-electron chi connectivity index (χ4n) is 4.11. The van der Waals surface area contributed by atoms with E-state index >= 15 is 0 Å². The molecule has 0 amide bonds. The molecule has 0 heterocycles. The number of hydrogen-bond acceptors (Lipinski definition) is 0. The molecular formula is C22H15HfI3. The Morgan fingerprint density at radius 3 is 1.58 bits per heavy atom. The Hall–Kier alpha value is 0.460. The van der Waals surface area contributed by atoms with Gasteiger partial charge in [0.25, 0.3) is 0 Å². The van der Waals surface area contributed by atoms with Crippen LogP contribution in [0, 0.1) is 0 Å². The number of allylic oxidation sites excluding steroid dienone is 1. The van der Waals surface area contributed by atoms with Crippen molar-refractivity contribution in [3.8, 4) is 11.1 Å². The molecule has 4 heteroatoms. The zero-order valence-corrected chi connectivity index (χ0v) is 23.9. The molecule has 0 bridgehead atoms. The fourth-order valence-corrected chi connectivity index (χ4v) is 5.96. The van der Waals surface area contributed by atoms with Gasteiger partial charge in [-0.15, -0.1) is 0 Å². The number of rotatable bonds is 1. The van der Waals surface area contributed by atoms with Crippen LogP contribution >= 0.6 is 0 Å². The van der Waals surface area contributed by atoms with Crippen molar-refractivity contribution in [2.75, 3.05) is 0 Å². The summed E-state index contributed by atoms with van der Waals surface area (Å²) < 4.78 is 0.621.